The first-order chi connectivity index (χ1) is 9.42. The number of nitrogens with one attached hydrogen (secondary N) is 2. The highest BCUT2D eigenvalue weighted by molar-refractivity contribution is 8.00. The molecule has 3 nitrogen and oxygen atoms in total. The largest absolute Gasteiger partial charge is 0.446 e. The summed E-state index contributed by atoms with van der Waals surface area (Å²) in [7, 11) is 0. The third-order valence-corrected chi connectivity index (χ3v) is 3.10. The van der Waals surface area contributed by atoms with Gasteiger partial charge in [-0.3, -0.25) is 4.79 Å². The molecule has 0 aromatic heterocycles. The summed E-state index contributed by atoms with van der Waals surface area (Å²) in [5.41, 5.74) is -3.96. The van der Waals surface area contributed by atoms with E-state index in [9.17, 15) is 18.0 Å². The van der Waals surface area contributed by atoms with Crippen LogP contribution in [-0.4, -0.2) is 31.0 Å². The molecule has 8 heteroatoms. The molecule has 0 unspecified atom stereocenters. The highest BCUT2D eigenvalue weighted by Crippen LogP contribution is 2.36. The van der Waals surface area contributed by atoms with Crippen molar-refractivity contribution in [2.75, 3.05) is 19.6 Å². The number of thioether (sulfide) groups is 1. The molecule has 1 aromatic carbocycles. The third-order valence-electron chi connectivity index (χ3n) is 2.36. The van der Waals surface area contributed by atoms with Crippen LogP contribution in [0.25, 0.3) is 0 Å². The van der Waals surface area contributed by atoms with Crippen LogP contribution in [0.3, 0.4) is 0 Å². The minimum atomic E-state index is -4.31. The van der Waals surface area contributed by atoms with Crippen molar-refractivity contribution >= 4 is 30.1 Å². The Balaban J connectivity index is 0.00000400. The SMILES string of the molecule is CCCNCCNC(=O)c1ccc(SC(F)(F)F)cc1.Cl. The van der Waals surface area contributed by atoms with Crippen LogP contribution in [0, 0.1) is 0 Å². The monoisotopic (exact) mass is 342 g/mol. The van der Waals surface area contributed by atoms with Crippen molar-refractivity contribution in [2.45, 2.75) is 23.7 Å². The van der Waals surface area contributed by atoms with Crippen LogP contribution in [0.15, 0.2) is 29.2 Å². The minimum absolute atomic E-state index is 0. The van der Waals surface area contributed by atoms with Gasteiger partial charge >= 0.3 is 5.51 Å². The highest BCUT2D eigenvalue weighted by Gasteiger charge is 2.29. The molecule has 0 aliphatic rings. The Hall–Kier alpha value is -0.920. The first-order valence-corrected chi connectivity index (χ1v) is 7.08. The zero-order valence-corrected chi connectivity index (χ0v) is 13.1. The molecular formula is C13H18ClF3N2OS. The summed E-state index contributed by atoms with van der Waals surface area (Å²) in [6.07, 6.45) is 1.02. The van der Waals surface area contributed by atoms with Crippen molar-refractivity contribution in [3.05, 3.63) is 29.8 Å². The van der Waals surface area contributed by atoms with Crippen LogP contribution in [0.5, 0.6) is 0 Å². The lowest BCUT2D eigenvalue weighted by atomic mass is 10.2. The van der Waals surface area contributed by atoms with E-state index in [4.69, 9.17) is 0 Å². The predicted molar refractivity (Wildman–Crippen MR) is 81.1 cm³/mol. The van der Waals surface area contributed by atoms with E-state index in [-0.39, 0.29) is 35.0 Å². The molecule has 1 aromatic rings. The van der Waals surface area contributed by atoms with E-state index in [0.717, 1.165) is 13.0 Å². The quantitative estimate of drug-likeness (QED) is 0.589. The van der Waals surface area contributed by atoms with Crippen LogP contribution in [0.2, 0.25) is 0 Å². The molecule has 0 heterocycles. The van der Waals surface area contributed by atoms with E-state index in [1.165, 1.54) is 24.3 Å². The summed E-state index contributed by atoms with van der Waals surface area (Å²) in [4.78, 5) is 11.8. The van der Waals surface area contributed by atoms with E-state index in [1.807, 2.05) is 6.92 Å². The molecule has 1 amide bonds. The number of carbonyl (C=O) groups is 1. The Labute approximate surface area is 132 Å². The zero-order chi connectivity index (χ0) is 15.0. The fraction of sp³-hybridized carbons (Fsp3) is 0.462. The molecule has 0 aliphatic heterocycles. The molecule has 0 aliphatic carbocycles. The molecule has 2 N–H and O–H groups in total. The number of rotatable bonds is 7. The fourth-order valence-corrected chi connectivity index (χ4v) is 2.02. The van der Waals surface area contributed by atoms with Crippen LogP contribution in [0.4, 0.5) is 13.2 Å². The van der Waals surface area contributed by atoms with Crippen LogP contribution >= 0.6 is 24.2 Å². The summed E-state index contributed by atoms with van der Waals surface area (Å²) >= 11 is -0.194. The van der Waals surface area contributed by atoms with Crippen molar-refractivity contribution in [3.63, 3.8) is 0 Å². The highest BCUT2D eigenvalue weighted by atomic mass is 35.5. The van der Waals surface area contributed by atoms with Gasteiger partial charge in [-0.15, -0.1) is 12.4 Å². The van der Waals surface area contributed by atoms with Crippen LogP contribution in [0.1, 0.15) is 23.7 Å². The topological polar surface area (TPSA) is 41.1 Å². The number of carbonyl (C=O) groups excluding carboxylic acids is 1. The van der Waals surface area contributed by atoms with Gasteiger partial charge in [-0.25, -0.2) is 0 Å². The molecule has 21 heavy (non-hydrogen) atoms. The van der Waals surface area contributed by atoms with E-state index in [2.05, 4.69) is 10.6 Å². The van der Waals surface area contributed by atoms with Gasteiger partial charge in [0.25, 0.3) is 5.91 Å². The Kier molecular flexibility index (Phi) is 9.48. The number of alkyl halides is 3. The van der Waals surface area contributed by atoms with E-state index >= 15 is 0 Å². The standard InChI is InChI=1S/C13H17F3N2OS.ClH/c1-2-7-17-8-9-18-12(19)10-3-5-11(6-4-10)20-13(14,15)16;/h3-6,17H,2,7-9H2,1H3,(H,18,19);1H. The van der Waals surface area contributed by atoms with E-state index in [1.54, 1.807) is 0 Å². The zero-order valence-electron chi connectivity index (χ0n) is 11.5. The molecule has 0 spiro atoms. The van der Waals surface area contributed by atoms with Crippen molar-refractivity contribution in [2.24, 2.45) is 0 Å². The lowest BCUT2D eigenvalue weighted by Crippen LogP contribution is -2.32. The Bertz CT molecular complexity index is 426. The number of benzene rings is 1. The second-order valence-corrected chi connectivity index (χ2v) is 5.22. The van der Waals surface area contributed by atoms with Gasteiger partial charge in [0.1, 0.15) is 0 Å². The molecule has 1 rings (SSSR count). The van der Waals surface area contributed by atoms with Crippen molar-refractivity contribution in [3.8, 4) is 0 Å². The van der Waals surface area contributed by atoms with Gasteiger partial charge in [0.15, 0.2) is 0 Å². The first-order valence-electron chi connectivity index (χ1n) is 6.27. The van der Waals surface area contributed by atoms with Gasteiger partial charge in [0, 0.05) is 23.5 Å². The smallest absolute Gasteiger partial charge is 0.351 e. The normalized spacial score (nSPS) is 10.9. The fourth-order valence-electron chi connectivity index (χ4n) is 1.48. The molecule has 0 bridgehead atoms. The maximum Gasteiger partial charge on any atom is 0.446 e. The summed E-state index contributed by atoms with van der Waals surface area (Å²) in [5.74, 6) is -0.285. The number of hydrogen-bond acceptors (Lipinski definition) is 3. The van der Waals surface area contributed by atoms with Gasteiger partial charge in [0.05, 0.1) is 0 Å². The van der Waals surface area contributed by atoms with Crippen molar-refractivity contribution in [1.29, 1.82) is 0 Å². The average molecular weight is 343 g/mol. The summed E-state index contributed by atoms with van der Waals surface area (Å²) in [6.45, 7) is 4.09. The number of halogens is 4. The number of amides is 1. The lowest BCUT2D eigenvalue weighted by Gasteiger charge is -2.08. The van der Waals surface area contributed by atoms with Crippen LogP contribution in [-0.2, 0) is 0 Å². The first kappa shape index (κ1) is 20.1. The summed E-state index contributed by atoms with van der Waals surface area (Å²) in [5, 5.41) is 5.83. The summed E-state index contributed by atoms with van der Waals surface area (Å²) in [6, 6.07) is 5.37. The predicted octanol–water partition coefficient (Wildman–Crippen LogP) is 3.45. The van der Waals surface area contributed by atoms with Gasteiger partial charge in [-0.2, -0.15) is 13.2 Å². The third kappa shape index (κ3) is 8.85. The van der Waals surface area contributed by atoms with Gasteiger partial charge in [0.2, 0.25) is 0 Å². The molecule has 0 saturated carbocycles. The molecule has 120 valence electrons. The van der Waals surface area contributed by atoms with E-state index in [0.29, 0.717) is 18.7 Å². The molecular weight excluding hydrogens is 325 g/mol. The van der Waals surface area contributed by atoms with Gasteiger partial charge in [-0.05, 0) is 49.0 Å². The molecule has 0 fully saturated rings. The lowest BCUT2D eigenvalue weighted by molar-refractivity contribution is -0.0328. The maximum atomic E-state index is 12.1. The van der Waals surface area contributed by atoms with Crippen molar-refractivity contribution in [1.82, 2.24) is 10.6 Å². The maximum absolute atomic E-state index is 12.1. The Morgan fingerprint density at radius 1 is 1.14 bits per heavy atom. The molecule has 0 atom stereocenters. The Morgan fingerprint density at radius 3 is 2.29 bits per heavy atom. The number of hydrogen-bond donors (Lipinski definition) is 2. The van der Waals surface area contributed by atoms with Crippen LogP contribution < -0.4 is 10.6 Å². The van der Waals surface area contributed by atoms with Gasteiger partial charge < -0.3 is 10.6 Å². The minimum Gasteiger partial charge on any atom is -0.351 e. The molecule has 0 radical (unpaired) electrons. The van der Waals surface area contributed by atoms with E-state index < -0.39 is 5.51 Å². The summed E-state index contributed by atoms with van der Waals surface area (Å²) < 4.78 is 36.4. The second kappa shape index (κ2) is 9.92. The second-order valence-electron chi connectivity index (χ2n) is 4.08. The Morgan fingerprint density at radius 2 is 1.76 bits per heavy atom. The average Bonchev–Trinajstić information content (AvgIpc) is 2.37. The van der Waals surface area contributed by atoms with Gasteiger partial charge in [-0.1, -0.05) is 6.92 Å². The van der Waals surface area contributed by atoms with Crippen molar-refractivity contribution < 1.29 is 18.0 Å². The molecule has 0 saturated heterocycles.